The van der Waals surface area contributed by atoms with E-state index in [0.29, 0.717) is 12.5 Å². The molecular weight excluding hydrogens is 206 g/mol. The van der Waals surface area contributed by atoms with Crippen LogP contribution in [0.2, 0.25) is 0 Å². The minimum atomic E-state index is -0.568. The van der Waals surface area contributed by atoms with Gasteiger partial charge in [0.1, 0.15) is 6.54 Å². The lowest BCUT2D eigenvalue weighted by molar-refractivity contribution is -0.845. The van der Waals surface area contributed by atoms with Crippen LogP contribution in [-0.2, 0) is 0 Å². The SMILES string of the molecule is CC1(C)N=C2NNC(C(C)(C)C)C[N+]2([O-])N1. The van der Waals surface area contributed by atoms with Crippen molar-refractivity contribution in [1.29, 1.82) is 0 Å². The van der Waals surface area contributed by atoms with Gasteiger partial charge in [0.2, 0.25) is 0 Å². The number of aliphatic imine (C=N–C) groups is 1. The second kappa shape index (κ2) is 3.16. The van der Waals surface area contributed by atoms with Gasteiger partial charge < -0.3 is 5.21 Å². The predicted molar refractivity (Wildman–Crippen MR) is 62.7 cm³/mol. The molecule has 0 amide bonds. The molecule has 2 aliphatic heterocycles. The molecule has 0 saturated carbocycles. The number of rotatable bonds is 0. The highest BCUT2D eigenvalue weighted by atomic mass is 16.6. The van der Waals surface area contributed by atoms with Gasteiger partial charge in [-0.1, -0.05) is 20.8 Å². The van der Waals surface area contributed by atoms with Gasteiger partial charge in [-0.25, -0.2) is 10.2 Å². The standard InChI is InChI=1S/C10H21N5O/c1-9(2,3)7-6-15(16)8(13-12-7)11-10(4,5)14-15/h7,12,14H,6H2,1-5H3,(H,11,13). The van der Waals surface area contributed by atoms with Crippen LogP contribution in [0.25, 0.3) is 0 Å². The molecule has 0 aliphatic carbocycles. The molecule has 0 spiro atoms. The maximum absolute atomic E-state index is 12.6. The second-order valence-corrected chi connectivity index (χ2v) is 6.22. The summed E-state index contributed by atoms with van der Waals surface area (Å²) in [5.74, 6) is 0.422. The van der Waals surface area contributed by atoms with Crippen molar-refractivity contribution in [3.63, 3.8) is 0 Å². The zero-order valence-electron chi connectivity index (χ0n) is 10.6. The average molecular weight is 227 g/mol. The van der Waals surface area contributed by atoms with Gasteiger partial charge in [0.25, 0.3) is 0 Å². The van der Waals surface area contributed by atoms with Crippen LogP contribution in [0.5, 0.6) is 0 Å². The van der Waals surface area contributed by atoms with E-state index in [1.807, 2.05) is 13.8 Å². The van der Waals surface area contributed by atoms with Gasteiger partial charge in [0.05, 0.1) is 6.04 Å². The third kappa shape index (κ3) is 1.93. The number of hydroxylamine groups is 2. The van der Waals surface area contributed by atoms with E-state index in [1.54, 1.807) is 0 Å². The lowest BCUT2D eigenvalue weighted by Crippen LogP contribution is -2.73. The number of quaternary nitrogens is 1. The number of hydrogen-bond acceptors (Lipinski definition) is 5. The lowest BCUT2D eigenvalue weighted by Gasteiger charge is -2.47. The van der Waals surface area contributed by atoms with E-state index in [0.717, 1.165) is 0 Å². The Bertz CT molecular complexity index is 333. The number of guanidine groups is 1. The fourth-order valence-corrected chi connectivity index (χ4v) is 2.06. The minimum Gasteiger partial charge on any atom is -0.604 e. The number of nitrogens with one attached hydrogen (secondary N) is 3. The quantitative estimate of drug-likeness (QED) is 0.414. The second-order valence-electron chi connectivity index (χ2n) is 6.22. The van der Waals surface area contributed by atoms with Gasteiger partial charge in [-0.15, -0.1) is 5.43 Å². The zero-order valence-corrected chi connectivity index (χ0v) is 10.6. The van der Waals surface area contributed by atoms with E-state index in [-0.39, 0.29) is 11.5 Å². The first-order chi connectivity index (χ1) is 7.12. The predicted octanol–water partition coefficient (Wildman–Crippen LogP) is 0.434. The largest absolute Gasteiger partial charge is 0.604 e. The number of hydrogen-bond donors (Lipinski definition) is 3. The fourth-order valence-electron chi connectivity index (χ4n) is 2.06. The van der Waals surface area contributed by atoms with E-state index >= 15 is 0 Å². The molecule has 92 valence electrons. The summed E-state index contributed by atoms with van der Waals surface area (Å²) in [5, 5.41) is 12.6. The third-order valence-corrected chi connectivity index (χ3v) is 3.03. The first-order valence-electron chi connectivity index (χ1n) is 5.63. The van der Waals surface area contributed by atoms with Crippen LogP contribution in [0.1, 0.15) is 34.6 Å². The Morgan fingerprint density at radius 1 is 1.44 bits per heavy atom. The molecule has 16 heavy (non-hydrogen) atoms. The Hall–Kier alpha value is -0.690. The molecule has 0 aromatic rings. The zero-order chi connectivity index (χ0) is 12.2. The molecule has 2 heterocycles. The highest BCUT2D eigenvalue weighted by molar-refractivity contribution is 5.75. The van der Waals surface area contributed by atoms with E-state index in [4.69, 9.17) is 0 Å². The molecular formula is C10H21N5O. The van der Waals surface area contributed by atoms with Crippen molar-refractivity contribution in [2.45, 2.75) is 46.3 Å². The molecule has 2 unspecified atom stereocenters. The van der Waals surface area contributed by atoms with E-state index in [2.05, 4.69) is 42.0 Å². The molecule has 0 radical (unpaired) electrons. The van der Waals surface area contributed by atoms with E-state index in [1.165, 1.54) is 0 Å². The Morgan fingerprint density at radius 2 is 2.06 bits per heavy atom. The van der Waals surface area contributed by atoms with Gasteiger partial charge >= 0.3 is 5.96 Å². The Labute approximate surface area is 96.2 Å². The van der Waals surface area contributed by atoms with Crippen LogP contribution in [0.15, 0.2) is 4.99 Å². The summed E-state index contributed by atoms with van der Waals surface area (Å²) in [6.07, 6.45) is 0. The van der Waals surface area contributed by atoms with Crippen LogP contribution in [0.3, 0.4) is 0 Å². The van der Waals surface area contributed by atoms with Crippen molar-refractivity contribution in [2.75, 3.05) is 6.54 Å². The number of hydrazine groups is 1. The molecule has 6 heteroatoms. The third-order valence-electron chi connectivity index (χ3n) is 3.03. The van der Waals surface area contributed by atoms with Gasteiger partial charge in [0.15, 0.2) is 5.66 Å². The topological polar surface area (TPSA) is 71.5 Å². The molecule has 6 nitrogen and oxygen atoms in total. The summed E-state index contributed by atoms with van der Waals surface area (Å²) < 4.78 is -0.568. The molecule has 2 aliphatic rings. The summed E-state index contributed by atoms with van der Waals surface area (Å²) in [6.45, 7) is 10.6. The monoisotopic (exact) mass is 227 g/mol. The molecule has 3 N–H and O–H groups in total. The van der Waals surface area contributed by atoms with Crippen molar-refractivity contribution in [3.8, 4) is 0 Å². The Morgan fingerprint density at radius 3 is 2.62 bits per heavy atom. The summed E-state index contributed by atoms with van der Waals surface area (Å²) in [7, 11) is 0. The number of nitrogens with zero attached hydrogens (tertiary/aromatic N) is 2. The first-order valence-corrected chi connectivity index (χ1v) is 5.63. The Kier molecular flexibility index (Phi) is 2.33. The molecule has 2 rings (SSSR count). The van der Waals surface area contributed by atoms with Gasteiger partial charge in [0, 0.05) is 0 Å². The van der Waals surface area contributed by atoms with Gasteiger partial charge in [-0.2, -0.15) is 4.99 Å². The van der Waals surface area contributed by atoms with Gasteiger partial charge in [-0.05, 0) is 19.3 Å². The van der Waals surface area contributed by atoms with Crippen molar-refractivity contribution in [3.05, 3.63) is 5.21 Å². The fraction of sp³-hybridized carbons (Fsp3) is 0.900. The van der Waals surface area contributed by atoms with Crippen molar-refractivity contribution < 1.29 is 4.76 Å². The van der Waals surface area contributed by atoms with Crippen molar-refractivity contribution >= 4 is 5.96 Å². The minimum absolute atomic E-state index is 0.0304. The van der Waals surface area contributed by atoms with Crippen molar-refractivity contribution in [1.82, 2.24) is 16.3 Å². The van der Waals surface area contributed by atoms with Crippen LogP contribution in [0, 0.1) is 10.6 Å². The smallest absolute Gasteiger partial charge is 0.334 e. The molecule has 0 aromatic carbocycles. The van der Waals surface area contributed by atoms with E-state index < -0.39 is 10.4 Å². The van der Waals surface area contributed by atoms with Crippen LogP contribution < -0.4 is 16.3 Å². The van der Waals surface area contributed by atoms with E-state index in [9.17, 15) is 5.21 Å². The molecule has 1 saturated heterocycles. The van der Waals surface area contributed by atoms with Crippen LogP contribution in [0.4, 0.5) is 0 Å². The van der Waals surface area contributed by atoms with Crippen molar-refractivity contribution in [2.24, 2.45) is 10.4 Å². The summed E-state index contributed by atoms with van der Waals surface area (Å²) in [5.41, 5.74) is 8.60. The van der Waals surface area contributed by atoms with Crippen LogP contribution in [-0.4, -0.2) is 29.0 Å². The van der Waals surface area contributed by atoms with Gasteiger partial charge in [-0.3, -0.25) is 5.43 Å². The summed E-state index contributed by atoms with van der Waals surface area (Å²) in [6, 6.07) is 0.102. The summed E-state index contributed by atoms with van der Waals surface area (Å²) in [4.78, 5) is 4.32. The molecule has 1 fully saturated rings. The maximum atomic E-state index is 12.6. The highest BCUT2D eigenvalue weighted by Gasteiger charge is 2.47. The molecule has 0 aromatic heterocycles. The normalized spacial score (nSPS) is 37.6. The summed E-state index contributed by atoms with van der Waals surface area (Å²) >= 11 is 0. The highest BCUT2D eigenvalue weighted by Crippen LogP contribution is 2.27. The number of fused-ring (bicyclic) bond motifs is 1. The molecule has 0 bridgehead atoms. The lowest BCUT2D eigenvalue weighted by atomic mass is 9.86. The molecule has 2 atom stereocenters. The first kappa shape index (κ1) is 11.8. The Balaban J connectivity index is 2.20. The average Bonchev–Trinajstić information content (AvgIpc) is 2.29. The van der Waals surface area contributed by atoms with Crippen LogP contribution >= 0.6 is 0 Å². The maximum Gasteiger partial charge on any atom is 0.334 e.